The molecule has 1 aliphatic heterocycles. The van der Waals surface area contributed by atoms with Gasteiger partial charge in [-0.25, -0.2) is 4.98 Å². The van der Waals surface area contributed by atoms with Crippen LogP contribution in [-0.2, 0) is 0 Å². The van der Waals surface area contributed by atoms with Crippen molar-refractivity contribution >= 4 is 34.6 Å². The van der Waals surface area contributed by atoms with Crippen LogP contribution in [0.15, 0.2) is 41.1 Å². The fourth-order valence-corrected chi connectivity index (χ4v) is 6.11. The number of pyridine rings is 1. The maximum Gasteiger partial charge on any atom is 0.147 e. The molecule has 0 atom stereocenters. The Morgan fingerprint density at radius 3 is 2.39 bits per heavy atom. The molecule has 0 radical (unpaired) electrons. The van der Waals surface area contributed by atoms with E-state index in [1.54, 1.807) is 0 Å². The topological polar surface area (TPSA) is 42.2 Å². The van der Waals surface area contributed by atoms with Gasteiger partial charge in [-0.05, 0) is 80.2 Å². The van der Waals surface area contributed by atoms with Gasteiger partial charge in [-0.3, -0.25) is 0 Å². The van der Waals surface area contributed by atoms with Crippen LogP contribution in [0.4, 0.5) is 5.82 Å². The van der Waals surface area contributed by atoms with E-state index in [2.05, 4.69) is 36.0 Å². The Bertz CT molecular complexity index is 1250. The zero-order chi connectivity index (χ0) is 22.7. The summed E-state index contributed by atoms with van der Waals surface area (Å²) in [5, 5.41) is 5.70. The van der Waals surface area contributed by atoms with Crippen molar-refractivity contribution in [3.8, 4) is 11.3 Å². The van der Waals surface area contributed by atoms with Crippen LogP contribution >= 0.6 is 23.2 Å². The smallest absolute Gasteiger partial charge is 0.147 e. The first-order chi connectivity index (χ1) is 15.9. The van der Waals surface area contributed by atoms with Crippen LogP contribution < -0.4 is 4.90 Å². The molecule has 6 rings (SSSR count). The van der Waals surface area contributed by atoms with Crippen LogP contribution in [0.25, 0.3) is 16.8 Å². The maximum absolute atomic E-state index is 6.55. The highest BCUT2D eigenvalue weighted by Crippen LogP contribution is 2.56. The summed E-state index contributed by atoms with van der Waals surface area (Å²) in [6, 6.07) is 7.82. The Balaban J connectivity index is 1.28. The van der Waals surface area contributed by atoms with Crippen molar-refractivity contribution in [2.24, 2.45) is 5.41 Å². The first-order valence-electron chi connectivity index (χ1n) is 11.8. The number of rotatable bonds is 4. The predicted octanol–water partition coefficient (Wildman–Crippen LogP) is 7.61. The van der Waals surface area contributed by atoms with Gasteiger partial charge >= 0.3 is 0 Å². The lowest BCUT2D eigenvalue weighted by Crippen LogP contribution is -2.42. The lowest BCUT2D eigenvalue weighted by molar-refractivity contribution is 0.276. The van der Waals surface area contributed by atoms with Crippen molar-refractivity contribution in [1.29, 1.82) is 0 Å². The predicted molar refractivity (Wildman–Crippen MR) is 134 cm³/mol. The number of hydrogen-bond donors (Lipinski definition) is 0. The standard InChI is InChI=1S/C27H27Cl2N3O/c1-16-12-17(2)26(30-15-16)32-10-8-27(9-11-32)13-19(14-27)22-24(31-33-25(22)18-6-7-18)23-20(28)4-3-5-21(23)29/h3-5,12-13,15,18H,6-11,14H2,1-2H3. The third kappa shape index (κ3) is 3.68. The van der Waals surface area contributed by atoms with Gasteiger partial charge in [0.05, 0.1) is 10.0 Å². The van der Waals surface area contributed by atoms with Crippen molar-refractivity contribution in [1.82, 2.24) is 10.1 Å². The molecule has 4 nitrogen and oxygen atoms in total. The molecular formula is C27H27Cl2N3O. The average Bonchev–Trinajstić information content (AvgIpc) is 3.52. The van der Waals surface area contributed by atoms with Crippen LogP contribution in [0.1, 0.15) is 60.5 Å². The molecule has 3 aliphatic rings. The summed E-state index contributed by atoms with van der Waals surface area (Å²) >= 11 is 13.1. The molecule has 1 saturated carbocycles. The third-order valence-corrected chi connectivity index (χ3v) is 8.09. The largest absolute Gasteiger partial charge is 0.360 e. The second-order valence-electron chi connectivity index (χ2n) is 9.99. The zero-order valence-electron chi connectivity index (χ0n) is 19.0. The van der Waals surface area contributed by atoms with Crippen LogP contribution in [0.3, 0.4) is 0 Å². The van der Waals surface area contributed by atoms with Gasteiger partial charge in [0.15, 0.2) is 0 Å². The molecule has 170 valence electrons. The molecule has 0 bridgehead atoms. The summed E-state index contributed by atoms with van der Waals surface area (Å²) in [6.07, 6.45) is 10.1. The quantitative estimate of drug-likeness (QED) is 0.385. The van der Waals surface area contributed by atoms with Crippen molar-refractivity contribution < 1.29 is 4.52 Å². The molecule has 1 spiro atoms. The Morgan fingerprint density at radius 2 is 1.76 bits per heavy atom. The number of anilines is 1. The molecule has 0 N–H and O–H groups in total. The van der Waals surface area contributed by atoms with Crippen molar-refractivity contribution in [2.75, 3.05) is 18.0 Å². The maximum atomic E-state index is 6.55. The highest BCUT2D eigenvalue weighted by atomic mass is 35.5. The van der Waals surface area contributed by atoms with E-state index in [9.17, 15) is 0 Å². The summed E-state index contributed by atoms with van der Waals surface area (Å²) < 4.78 is 5.89. The van der Waals surface area contributed by atoms with Gasteiger partial charge in [-0.15, -0.1) is 0 Å². The third-order valence-electron chi connectivity index (χ3n) is 7.46. The van der Waals surface area contributed by atoms with E-state index in [1.807, 2.05) is 24.4 Å². The number of aromatic nitrogens is 2. The van der Waals surface area contributed by atoms with Crippen LogP contribution in [0.2, 0.25) is 10.0 Å². The highest BCUT2D eigenvalue weighted by molar-refractivity contribution is 6.39. The summed E-state index contributed by atoms with van der Waals surface area (Å²) in [7, 11) is 0. The fourth-order valence-electron chi connectivity index (χ4n) is 5.54. The van der Waals surface area contributed by atoms with Crippen LogP contribution in [0, 0.1) is 19.3 Å². The molecular weight excluding hydrogens is 453 g/mol. The Morgan fingerprint density at radius 1 is 1.06 bits per heavy atom. The zero-order valence-corrected chi connectivity index (χ0v) is 20.5. The number of hydrogen-bond acceptors (Lipinski definition) is 4. The second kappa shape index (κ2) is 7.89. The first-order valence-corrected chi connectivity index (χ1v) is 12.5. The van der Waals surface area contributed by atoms with Crippen LogP contribution in [0.5, 0.6) is 0 Å². The average molecular weight is 480 g/mol. The minimum absolute atomic E-state index is 0.254. The van der Waals surface area contributed by atoms with Gasteiger partial charge in [0.2, 0.25) is 0 Å². The molecule has 0 unspecified atom stereocenters. The van der Waals surface area contributed by atoms with Gasteiger partial charge in [-0.1, -0.05) is 46.6 Å². The van der Waals surface area contributed by atoms with E-state index < -0.39 is 0 Å². The summed E-state index contributed by atoms with van der Waals surface area (Å²) in [6.45, 7) is 6.32. The molecule has 2 fully saturated rings. The van der Waals surface area contributed by atoms with E-state index in [0.717, 1.165) is 73.6 Å². The van der Waals surface area contributed by atoms with Gasteiger partial charge < -0.3 is 9.42 Å². The van der Waals surface area contributed by atoms with E-state index in [1.165, 1.54) is 16.7 Å². The van der Waals surface area contributed by atoms with Crippen molar-refractivity contribution in [2.45, 2.75) is 51.9 Å². The minimum Gasteiger partial charge on any atom is -0.360 e. The number of halogens is 2. The second-order valence-corrected chi connectivity index (χ2v) is 10.8. The lowest BCUT2D eigenvalue weighted by Gasteiger charge is -2.46. The van der Waals surface area contributed by atoms with E-state index >= 15 is 0 Å². The number of nitrogens with zero attached hydrogens (tertiary/aromatic N) is 3. The molecule has 6 heteroatoms. The molecule has 1 aromatic carbocycles. The highest BCUT2D eigenvalue weighted by Gasteiger charge is 2.44. The van der Waals surface area contributed by atoms with E-state index in [0.29, 0.717) is 16.0 Å². The molecule has 3 heterocycles. The van der Waals surface area contributed by atoms with Gasteiger partial charge in [0.25, 0.3) is 0 Å². The summed E-state index contributed by atoms with van der Waals surface area (Å²) in [5.74, 6) is 2.61. The summed E-state index contributed by atoms with van der Waals surface area (Å²) in [5.41, 5.74) is 6.78. The van der Waals surface area contributed by atoms with Crippen molar-refractivity contribution in [3.63, 3.8) is 0 Å². The number of benzene rings is 1. The molecule has 0 amide bonds. The monoisotopic (exact) mass is 479 g/mol. The Hall–Kier alpha value is -2.30. The van der Waals surface area contributed by atoms with Gasteiger partial charge in [0, 0.05) is 36.3 Å². The number of aryl methyl sites for hydroxylation is 2. The minimum atomic E-state index is 0.254. The fraction of sp³-hybridized carbons (Fsp3) is 0.407. The van der Waals surface area contributed by atoms with Crippen LogP contribution in [-0.4, -0.2) is 23.2 Å². The molecule has 3 aromatic rings. The van der Waals surface area contributed by atoms with E-state index in [4.69, 9.17) is 32.7 Å². The molecule has 1 saturated heterocycles. The van der Waals surface area contributed by atoms with Crippen molar-refractivity contribution in [3.05, 3.63) is 69.0 Å². The Kier molecular flexibility index (Phi) is 5.08. The molecule has 2 aromatic heterocycles. The van der Waals surface area contributed by atoms with Gasteiger partial charge in [0.1, 0.15) is 17.3 Å². The lowest BCUT2D eigenvalue weighted by atomic mass is 9.63. The summed E-state index contributed by atoms with van der Waals surface area (Å²) in [4.78, 5) is 7.15. The van der Waals surface area contributed by atoms with Gasteiger partial charge in [-0.2, -0.15) is 0 Å². The number of allylic oxidation sites excluding steroid dienone is 2. The molecule has 2 aliphatic carbocycles. The van der Waals surface area contributed by atoms with E-state index in [-0.39, 0.29) is 5.41 Å². The number of piperidine rings is 1. The Labute approximate surface area is 204 Å². The SMILES string of the molecule is Cc1cnc(N2CCC3(C=C(c4c(-c5c(Cl)cccc5Cl)noc4C4CC4)C3)CC2)c(C)c1. The first kappa shape index (κ1) is 21.2. The normalized spacial score (nSPS) is 19.5. The molecule has 33 heavy (non-hydrogen) atoms.